The highest BCUT2D eigenvalue weighted by molar-refractivity contribution is 4.68. The number of aliphatic hydroxyl groups excluding tert-OH is 1. The smallest absolute Gasteiger partial charge is 0.0821 e. The first-order valence-corrected chi connectivity index (χ1v) is 2.56. The third-order valence-electron chi connectivity index (χ3n) is 1.33. The second-order valence-electron chi connectivity index (χ2n) is 2.08. The largest absolute Gasteiger partial charge is 0.390 e. The van der Waals surface area contributed by atoms with Gasteiger partial charge in [-0.25, -0.2) is 0 Å². The molecule has 2 nitrogen and oxygen atoms in total. The zero-order valence-electron chi connectivity index (χ0n) is 4.42. The number of hydrogen-bond donors (Lipinski definition) is 1. The van der Waals surface area contributed by atoms with Gasteiger partial charge in [-0.3, -0.25) is 0 Å². The van der Waals surface area contributed by atoms with Crippen molar-refractivity contribution in [1.82, 2.24) is 0 Å². The van der Waals surface area contributed by atoms with Crippen LogP contribution in [0.2, 0.25) is 0 Å². The molecule has 0 aromatic carbocycles. The van der Waals surface area contributed by atoms with Gasteiger partial charge < -0.3 is 9.84 Å². The summed E-state index contributed by atoms with van der Waals surface area (Å²) in [5, 5.41) is 8.87. The molecule has 1 aliphatic rings. The molecule has 0 bridgehead atoms. The Morgan fingerprint density at radius 1 is 1.57 bits per heavy atom. The Kier molecular flexibility index (Phi) is 1.30. The van der Waals surface area contributed by atoms with Gasteiger partial charge in [-0.15, -0.1) is 0 Å². The summed E-state index contributed by atoms with van der Waals surface area (Å²) in [4.78, 5) is 0. The maximum absolute atomic E-state index is 8.87. The Morgan fingerprint density at radius 3 is 2.43 bits per heavy atom. The number of rotatable bonds is 0. The Bertz CT molecular complexity index is 55.1. The zero-order valence-corrected chi connectivity index (χ0v) is 4.42. The van der Waals surface area contributed by atoms with Crippen LogP contribution in [0.5, 0.6) is 0 Å². The first-order chi connectivity index (χ1) is 3.30. The van der Waals surface area contributed by atoms with E-state index in [1.807, 2.05) is 6.92 Å². The second-order valence-corrected chi connectivity index (χ2v) is 2.08. The second kappa shape index (κ2) is 1.80. The molecule has 0 aromatic rings. The third-order valence-corrected chi connectivity index (χ3v) is 1.33. The van der Waals surface area contributed by atoms with Crippen LogP contribution in [0.1, 0.15) is 6.92 Å². The Hall–Kier alpha value is -0.0800. The van der Waals surface area contributed by atoms with Crippen LogP contribution in [-0.2, 0) is 4.74 Å². The summed E-state index contributed by atoms with van der Waals surface area (Å²) in [6.07, 6.45) is -0.208. The molecule has 1 unspecified atom stereocenters. The van der Waals surface area contributed by atoms with Crippen LogP contribution in [0.15, 0.2) is 0 Å². The first kappa shape index (κ1) is 5.06. The van der Waals surface area contributed by atoms with Gasteiger partial charge in [0.05, 0.1) is 19.3 Å². The van der Waals surface area contributed by atoms with Crippen LogP contribution in [0.3, 0.4) is 0 Å². The minimum Gasteiger partial charge on any atom is -0.390 e. The molecule has 1 saturated heterocycles. The molecule has 2 atom stereocenters. The van der Waals surface area contributed by atoms with Crippen molar-refractivity contribution >= 4 is 0 Å². The van der Waals surface area contributed by atoms with E-state index in [4.69, 9.17) is 9.84 Å². The molecule has 0 aliphatic carbocycles. The van der Waals surface area contributed by atoms with Gasteiger partial charge >= 0.3 is 0 Å². The van der Waals surface area contributed by atoms with Crippen LogP contribution in [-0.4, -0.2) is 24.4 Å². The van der Waals surface area contributed by atoms with Gasteiger partial charge in [0, 0.05) is 5.92 Å². The van der Waals surface area contributed by atoms with Crippen molar-refractivity contribution in [3.05, 3.63) is 0 Å². The van der Waals surface area contributed by atoms with Crippen molar-refractivity contribution in [2.45, 2.75) is 13.0 Å². The van der Waals surface area contributed by atoms with Gasteiger partial charge in [0.25, 0.3) is 0 Å². The molecule has 0 radical (unpaired) electrons. The predicted molar refractivity (Wildman–Crippen MR) is 26.0 cm³/mol. The summed E-state index contributed by atoms with van der Waals surface area (Å²) in [7, 11) is 0. The molecule has 1 aliphatic heterocycles. The van der Waals surface area contributed by atoms with E-state index in [2.05, 4.69) is 0 Å². The van der Waals surface area contributed by atoms with E-state index < -0.39 is 0 Å². The van der Waals surface area contributed by atoms with Gasteiger partial charge in [0.2, 0.25) is 0 Å². The highest BCUT2D eigenvalue weighted by Crippen LogP contribution is 2.10. The molecular weight excluding hydrogens is 92.1 g/mol. The fraction of sp³-hybridized carbons (Fsp3) is 1.00. The van der Waals surface area contributed by atoms with Crippen LogP contribution in [0, 0.1) is 5.92 Å². The molecule has 0 spiro atoms. The van der Waals surface area contributed by atoms with Crippen LogP contribution in [0.25, 0.3) is 0 Å². The van der Waals surface area contributed by atoms with Gasteiger partial charge in [0.1, 0.15) is 0 Å². The van der Waals surface area contributed by atoms with Gasteiger partial charge in [-0.2, -0.15) is 0 Å². The van der Waals surface area contributed by atoms with Crippen molar-refractivity contribution in [2.24, 2.45) is 5.92 Å². The number of aliphatic hydroxyl groups is 1. The minimum absolute atomic E-state index is 0.208. The standard InChI is InChI=1S/C5H10O2/c1-4-2-7-3-5(4)6/h4-6H,2-3H2,1H3/t4-,5?/m0/s1. The third kappa shape index (κ3) is 0.924. The molecule has 0 amide bonds. The first-order valence-electron chi connectivity index (χ1n) is 2.56. The lowest BCUT2D eigenvalue weighted by Crippen LogP contribution is -2.13. The van der Waals surface area contributed by atoms with Gasteiger partial charge in [0.15, 0.2) is 0 Å². The summed E-state index contributed by atoms with van der Waals surface area (Å²) >= 11 is 0. The quantitative estimate of drug-likeness (QED) is 0.467. The van der Waals surface area contributed by atoms with Crippen molar-refractivity contribution in [2.75, 3.05) is 13.2 Å². The molecule has 1 N–H and O–H groups in total. The van der Waals surface area contributed by atoms with Gasteiger partial charge in [-0.1, -0.05) is 6.92 Å². The summed E-state index contributed by atoms with van der Waals surface area (Å²) in [5.41, 5.74) is 0. The number of hydrogen-bond acceptors (Lipinski definition) is 2. The number of ether oxygens (including phenoxy) is 1. The zero-order chi connectivity index (χ0) is 5.28. The maximum Gasteiger partial charge on any atom is 0.0821 e. The molecule has 1 rings (SSSR count). The fourth-order valence-corrected chi connectivity index (χ4v) is 0.650. The average molecular weight is 102 g/mol. The molecule has 2 heteroatoms. The Balaban J connectivity index is 2.33. The summed E-state index contributed by atoms with van der Waals surface area (Å²) in [6.45, 7) is 3.24. The van der Waals surface area contributed by atoms with Crippen LogP contribution >= 0.6 is 0 Å². The van der Waals surface area contributed by atoms with Crippen molar-refractivity contribution in [3.8, 4) is 0 Å². The van der Waals surface area contributed by atoms with E-state index in [-0.39, 0.29) is 6.10 Å². The SMILES string of the molecule is C[C@H]1COCC1O. The van der Waals surface area contributed by atoms with E-state index in [0.717, 1.165) is 6.61 Å². The maximum atomic E-state index is 8.87. The minimum atomic E-state index is -0.208. The lowest BCUT2D eigenvalue weighted by molar-refractivity contribution is 0.120. The van der Waals surface area contributed by atoms with Gasteiger partial charge in [-0.05, 0) is 0 Å². The van der Waals surface area contributed by atoms with Crippen LogP contribution in [0.4, 0.5) is 0 Å². The molecule has 1 heterocycles. The highest BCUT2D eigenvalue weighted by Gasteiger charge is 2.20. The van der Waals surface area contributed by atoms with E-state index in [9.17, 15) is 0 Å². The average Bonchev–Trinajstić information content (AvgIpc) is 1.91. The summed E-state index contributed by atoms with van der Waals surface area (Å²) < 4.78 is 4.92. The van der Waals surface area contributed by atoms with Crippen molar-refractivity contribution in [1.29, 1.82) is 0 Å². The van der Waals surface area contributed by atoms with E-state index in [1.165, 1.54) is 0 Å². The molecule has 0 saturated carbocycles. The highest BCUT2D eigenvalue weighted by atomic mass is 16.5. The molecule has 1 fully saturated rings. The summed E-state index contributed by atoms with van der Waals surface area (Å²) in [6, 6.07) is 0. The van der Waals surface area contributed by atoms with Crippen molar-refractivity contribution < 1.29 is 9.84 Å². The van der Waals surface area contributed by atoms with E-state index >= 15 is 0 Å². The predicted octanol–water partition coefficient (Wildman–Crippen LogP) is 0.0136. The summed E-state index contributed by atoms with van der Waals surface area (Å²) in [5.74, 6) is 0.347. The van der Waals surface area contributed by atoms with Crippen LogP contribution < -0.4 is 0 Å². The Morgan fingerprint density at radius 2 is 2.29 bits per heavy atom. The molecule has 0 aromatic heterocycles. The van der Waals surface area contributed by atoms with E-state index in [1.54, 1.807) is 0 Å². The molecular formula is C5H10O2. The molecule has 42 valence electrons. The topological polar surface area (TPSA) is 29.5 Å². The van der Waals surface area contributed by atoms with E-state index in [0.29, 0.717) is 12.5 Å². The monoisotopic (exact) mass is 102 g/mol. The normalized spacial score (nSPS) is 42.0. The molecule has 7 heavy (non-hydrogen) atoms. The lowest BCUT2D eigenvalue weighted by atomic mass is 10.1. The lowest BCUT2D eigenvalue weighted by Gasteiger charge is -2.00. The van der Waals surface area contributed by atoms with Crippen molar-refractivity contribution in [3.63, 3.8) is 0 Å². The fourth-order valence-electron chi connectivity index (χ4n) is 0.650. The Labute approximate surface area is 43.1 Å².